The van der Waals surface area contributed by atoms with E-state index in [-0.39, 0.29) is 18.1 Å². The molecule has 0 spiro atoms. The predicted octanol–water partition coefficient (Wildman–Crippen LogP) is 1.39. The highest BCUT2D eigenvalue weighted by atomic mass is 16.5. The Kier molecular flexibility index (Phi) is 1.99. The van der Waals surface area contributed by atoms with Crippen molar-refractivity contribution < 1.29 is 9.53 Å². The summed E-state index contributed by atoms with van der Waals surface area (Å²) in [6, 6.07) is 10.0. The Hall–Kier alpha value is -1.35. The Bertz CT molecular complexity index is 376. The monoisotopic (exact) mass is 203 g/mol. The number of ether oxygens (including phenoxy) is 1. The Morgan fingerprint density at radius 3 is 2.93 bits per heavy atom. The molecule has 0 aromatic heterocycles. The SMILES string of the molecule is O=C1[C@@H]2CCO[C@@H]2N1Cc1ccccc1. The van der Waals surface area contributed by atoms with Gasteiger partial charge in [-0.1, -0.05) is 30.3 Å². The first-order valence-electron chi connectivity index (χ1n) is 5.32. The number of amides is 1. The molecule has 1 amide bonds. The van der Waals surface area contributed by atoms with Crippen LogP contribution >= 0.6 is 0 Å². The molecule has 2 atom stereocenters. The zero-order valence-corrected chi connectivity index (χ0v) is 8.43. The highest BCUT2D eigenvalue weighted by Gasteiger charge is 2.50. The van der Waals surface area contributed by atoms with Gasteiger partial charge in [0.05, 0.1) is 12.5 Å². The molecule has 2 heterocycles. The molecule has 78 valence electrons. The number of hydrogen-bond acceptors (Lipinski definition) is 2. The molecule has 3 nitrogen and oxygen atoms in total. The number of fused-ring (bicyclic) bond motifs is 1. The predicted molar refractivity (Wildman–Crippen MR) is 54.8 cm³/mol. The zero-order valence-electron chi connectivity index (χ0n) is 8.43. The summed E-state index contributed by atoms with van der Waals surface area (Å²) in [5.41, 5.74) is 1.17. The molecule has 2 fully saturated rings. The average molecular weight is 203 g/mol. The van der Waals surface area contributed by atoms with Crippen LogP contribution in [0.5, 0.6) is 0 Å². The number of rotatable bonds is 2. The summed E-state index contributed by atoms with van der Waals surface area (Å²) in [6.45, 7) is 1.41. The van der Waals surface area contributed by atoms with Gasteiger partial charge >= 0.3 is 0 Å². The summed E-state index contributed by atoms with van der Waals surface area (Å²) in [5, 5.41) is 0. The van der Waals surface area contributed by atoms with E-state index in [1.165, 1.54) is 5.56 Å². The molecule has 2 saturated heterocycles. The Morgan fingerprint density at radius 1 is 1.33 bits per heavy atom. The molecule has 0 aliphatic carbocycles. The minimum absolute atomic E-state index is 0.0534. The first kappa shape index (κ1) is 8.92. The van der Waals surface area contributed by atoms with E-state index in [9.17, 15) is 4.79 Å². The molecular formula is C12H13NO2. The third-order valence-electron chi connectivity index (χ3n) is 3.16. The largest absolute Gasteiger partial charge is 0.357 e. The number of carbonyl (C=O) groups excluding carboxylic acids is 1. The highest BCUT2D eigenvalue weighted by Crippen LogP contribution is 2.36. The molecule has 1 aromatic rings. The Morgan fingerprint density at radius 2 is 2.13 bits per heavy atom. The topological polar surface area (TPSA) is 29.5 Å². The van der Waals surface area contributed by atoms with Gasteiger partial charge in [0.25, 0.3) is 0 Å². The smallest absolute Gasteiger partial charge is 0.232 e. The van der Waals surface area contributed by atoms with Crippen LogP contribution in [0.2, 0.25) is 0 Å². The van der Waals surface area contributed by atoms with E-state index in [2.05, 4.69) is 0 Å². The maximum absolute atomic E-state index is 11.7. The van der Waals surface area contributed by atoms with Crippen molar-refractivity contribution in [3.8, 4) is 0 Å². The van der Waals surface area contributed by atoms with Crippen molar-refractivity contribution in [2.45, 2.75) is 19.2 Å². The van der Waals surface area contributed by atoms with Crippen LogP contribution in [-0.4, -0.2) is 23.6 Å². The number of nitrogens with zero attached hydrogens (tertiary/aromatic N) is 1. The third kappa shape index (κ3) is 1.35. The summed E-state index contributed by atoms with van der Waals surface area (Å²) >= 11 is 0. The van der Waals surface area contributed by atoms with E-state index in [1.54, 1.807) is 0 Å². The fraction of sp³-hybridized carbons (Fsp3) is 0.417. The van der Waals surface area contributed by atoms with E-state index in [4.69, 9.17) is 4.74 Å². The molecule has 1 aromatic carbocycles. The van der Waals surface area contributed by atoms with Crippen molar-refractivity contribution in [3.63, 3.8) is 0 Å². The van der Waals surface area contributed by atoms with Gasteiger partial charge in [-0.05, 0) is 12.0 Å². The first-order valence-corrected chi connectivity index (χ1v) is 5.32. The van der Waals surface area contributed by atoms with Crippen LogP contribution in [0.3, 0.4) is 0 Å². The van der Waals surface area contributed by atoms with Crippen LogP contribution in [0.1, 0.15) is 12.0 Å². The third-order valence-corrected chi connectivity index (χ3v) is 3.16. The van der Waals surface area contributed by atoms with Gasteiger partial charge in [0.1, 0.15) is 6.23 Å². The molecule has 2 aliphatic heterocycles. The normalized spacial score (nSPS) is 28.8. The summed E-state index contributed by atoms with van der Waals surface area (Å²) in [7, 11) is 0. The van der Waals surface area contributed by atoms with Gasteiger partial charge in [-0.25, -0.2) is 0 Å². The fourth-order valence-corrected chi connectivity index (χ4v) is 2.33. The zero-order chi connectivity index (χ0) is 10.3. The molecule has 2 aliphatic rings. The molecule has 15 heavy (non-hydrogen) atoms. The average Bonchev–Trinajstić information content (AvgIpc) is 2.72. The minimum atomic E-state index is 0.0534. The highest BCUT2D eigenvalue weighted by molar-refractivity contribution is 5.85. The van der Waals surface area contributed by atoms with Crippen LogP contribution in [0.25, 0.3) is 0 Å². The first-order chi connectivity index (χ1) is 7.36. The lowest BCUT2D eigenvalue weighted by atomic mass is 9.94. The van der Waals surface area contributed by atoms with E-state index in [0.29, 0.717) is 6.54 Å². The summed E-state index contributed by atoms with van der Waals surface area (Å²) in [4.78, 5) is 13.5. The van der Waals surface area contributed by atoms with Crippen molar-refractivity contribution in [1.29, 1.82) is 0 Å². The molecule has 0 unspecified atom stereocenters. The van der Waals surface area contributed by atoms with Crippen LogP contribution in [0, 0.1) is 5.92 Å². The second-order valence-corrected chi connectivity index (χ2v) is 4.11. The van der Waals surface area contributed by atoms with E-state index in [0.717, 1.165) is 13.0 Å². The Balaban J connectivity index is 1.72. The molecule has 0 bridgehead atoms. The second kappa shape index (κ2) is 3.35. The van der Waals surface area contributed by atoms with Crippen molar-refractivity contribution >= 4 is 5.91 Å². The maximum atomic E-state index is 11.7. The Labute approximate surface area is 88.6 Å². The van der Waals surface area contributed by atoms with Gasteiger partial charge in [0, 0.05) is 6.54 Å². The van der Waals surface area contributed by atoms with E-state index < -0.39 is 0 Å². The molecule has 3 heteroatoms. The van der Waals surface area contributed by atoms with E-state index >= 15 is 0 Å². The number of hydrogen-bond donors (Lipinski definition) is 0. The van der Waals surface area contributed by atoms with Crippen LogP contribution < -0.4 is 0 Å². The van der Waals surface area contributed by atoms with Gasteiger partial charge in [-0.2, -0.15) is 0 Å². The van der Waals surface area contributed by atoms with Crippen molar-refractivity contribution in [2.24, 2.45) is 5.92 Å². The van der Waals surface area contributed by atoms with Crippen molar-refractivity contribution in [2.75, 3.05) is 6.61 Å². The number of β-lactam (4-membered cyclic amide) rings is 1. The maximum Gasteiger partial charge on any atom is 0.232 e. The summed E-state index contributed by atoms with van der Waals surface area (Å²) < 4.78 is 5.51. The van der Waals surface area contributed by atoms with Crippen molar-refractivity contribution in [1.82, 2.24) is 4.90 Å². The lowest BCUT2D eigenvalue weighted by molar-refractivity contribution is -0.176. The van der Waals surface area contributed by atoms with Gasteiger partial charge < -0.3 is 9.64 Å². The fourth-order valence-electron chi connectivity index (χ4n) is 2.33. The summed E-state index contributed by atoms with van der Waals surface area (Å²) in [5.74, 6) is 0.398. The van der Waals surface area contributed by atoms with Gasteiger partial charge in [0.2, 0.25) is 5.91 Å². The number of likely N-dealkylation sites (tertiary alicyclic amines) is 1. The lowest BCUT2D eigenvalue weighted by Gasteiger charge is -2.42. The molecule has 0 radical (unpaired) electrons. The van der Waals surface area contributed by atoms with Crippen LogP contribution in [0.4, 0.5) is 0 Å². The molecule has 0 saturated carbocycles. The quantitative estimate of drug-likeness (QED) is 0.680. The number of benzene rings is 1. The molecular weight excluding hydrogens is 190 g/mol. The van der Waals surface area contributed by atoms with Crippen LogP contribution in [0.15, 0.2) is 30.3 Å². The van der Waals surface area contributed by atoms with Crippen molar-refractivity contribution in [3.05, 3.63) is 35.9 Å². The van der Waals surface area contributed by atoms with Gasteiger partial charge in [-0.15, -0.1) is 0 Å². The van der Waals surface area contributed by atoms with Gasteiger partial charge in [-0.3, -0.25) is 4.79 Å². The summed E-state index contributed by atoms with van der Waals surface area (Å²) in [6.07, 6.45) is 0.951. The molecule has 3 rings (SSSR count). The number of carbonyl (C=O) groups is 1. The minimum Gasteiger partial charge on any atom is -0.357 e. The lowest BCUT2D eigenvalue weighted by Crippen LogP contribution is -2.58. The second-order valence-electron chi connectivity index (χ2n) is 4.11. The van der Waals surface area contributed by atoms with Gasteiger partial charge in [0.15, 0.2) is 0 Å². The molecule has 0 N–H and O–H groups in total. The van der Waals surface area contributed by atoms with E-state index in [1.807, 2.05) is 35.2 Å². The standard InChI is InChI=1S/C12H13NO2/c14-11-10-6-7-15-12(10)13(11)8-9-4-2-1-3-5-9/h1-5,10,12H,6-8H2/t10-,12-/m0/s1. The van der Waals surface area contributed by atoms with Crippen LogP contribution in [-0.2, 0) is 16.1 Å².